The van der Waals surface area contributed by atoms with Crippen LogP contribution in [0.25, 0.3) is 11.0 Å². The molecule has 0 saturated carbocycles. The number of fused-ring (bicyclic) bond motifs is 1. The van der Waals surface area contributed by atoms with Gasteiger partial charge in [-0.3, -0.25) is 0 Å². The van der Waals surface area contributed by atoms with Gasteiger partial charge in [0.15, 0.2) is 11.6 Å². The van der Waals surface area contributed by atoms with Crippen LogP contribution in [0.15, 0.2) is 42.7 Å². The Morgan fingerprint density at radius 1 is 1.14 bits per heavy atom. The van der Waals surface area contributed by atoms with Gasteiger partial charge in [0.25, 0.3) is 0 Å². The fourth-order valence-corrected chi connectivity index (χ4v) is 1.97. The quantitative estimate of drug-likeness (QED) is 0.537. The molecule has 0 spiro atoms. The van der Waals surface area contributed by atoms with E-state index in [1.54, 1.807) is 24.5 Å². The number of aromatic nitrogens is 2. The van der Waals surface area contributed by atoms with Crippen molar-refractivity contribution in [3.63, 3.8) is 0 Å². The highest BCUT2D eigenvalue weighted by molar-refractivity contribution is 5.91. The summed E-state index contributed by atoms with van der Waals surface area (Å²) in [4.78, 5) is 16.0. The van der Waals surface area contributed by atoms with Crippen LogP contribution in [0.5, 0.6) is 5.75 Å². The number of hydrogen-bond acceptors (Lipinski definition) is 3. The summed E-state index contributed by atoms with van der Waals surface area (Å²) in [6.45, 7) is 0. The molecule has 0 unspecified atom stereocenters. The summed E-state index contributed by atoms with van der Waals surface area (Å²) >= 11 is 0. The van der Waals surface area contributed by atoms with Gasteiger partial charge in [0.2, 0.25) is 0 Å². The zero-order chi connectivity index (χ0) is 15.0. The van der Waals surface area contributed by atoms with Gasteiger partial charge < -0.3 is 9.30 Å². The van der Waals surface area contributed by atoms with Crippen molar-refractivity contribution in [1.82, 2.24) is 9.55 Å². The largest absolute Gasteiger partial charge is 0.423 e. The van der Waals surface area contributed by atoms with Gasteiger partial charge >= 0.3 is 5.97 Å². The topological polar surface area (TPSA) is 44.1 Å². The zero-order valence-electron chi connectivity index (χ0n) is 11.0. The Morgan fingerprint density at radius 3 is 2.71 bits per heavy atom. The number of nitrogens with zero attached hydrogens (tertiary/aromatic N) is 2. The van der Waals surface area contributed by atoms with Crippen LogP contribution in [-0.2, 0) is 7.05 Å². The van der Waals surface area contributed by atoms with E-state index in [0.29, 0.717) is 5.52 Å². The van der Waals surface area contributed by atoms with Crippen molar-refractivity contribution in [2.24, 2.45) is 7.05 Å². The maximum Gasteiger partial charge on any atom is 0.343 e. The second kappa shape index (κ2) is 4.97. The molecule has 0 aliphatic rings. The number of imidazole rings is 1. The molecule has 0 bridgehead atoms. The molecule has 2 aromatic carbocycles. The summed E-state index contributed by atoms with van der Waals surface area (Å²) in [7, 11) is 1.85. The highest BCUT2D eigenvalue weighted by Crippen LogP contribution is 2.20. The first-order valence-corrected chi connectivity index (χ1v) is 6.13. The second-order valence-corrected chi connectivity index (χ2v) is 4.52. The van der Waals surface area contributed by atoms with Crippen LogP contribution in [0.3, 0.4) is 0 Å². The number of ether oxygens (including phenoxy) is 1. The maximum atomic E-state index is 13.1. The molecule has 1 heterocycles. The third-order valence-corrected chi connectivity index (χ3v) is 3.06. The van der Waals surface area contributed by atoms with E-state index in [2.05, 4.69) is 4.98 Å². The van der Waals surface area contributed by atoms with Gasteiger partial charge in [0.05, 0.1) is 22.9 Å². The SMILES string of the molecule is Cn1cnc2cc(OC(=O)c3ccc(F)c(F)c3)ccc21. The average molecular weight is 288 g/mol. The van der Waals surface area contributed by atoms with Crippen LogP contribution >= 0.6 is 0 Å². The minimum atomic E-state index is -1.09. The molecular weight excluding hydrogens is 278 g/mol. The molecular formula is C15H10F2N2O2. The maximum absolute atomic E-state index is 13.1. The van der Waals surface area contributed by atoms with Crippen molar-refractivity contribution in [3.8, 4) is 5.75 Å². The number of halogens is 2. The zero-order valence-corrected chi connectivity index (χ0v) is 11.0. The van der Waals surface area contributed by atoms with E-state index in [1.807, 2.05) is 11.6 Å². The molecule has 3 aromatic rings. The van der Waals surface area contributed by atoms with Crippen molar-refractivity contribution < 1.29 is 18.3 Å². The molecule has 0 amide bonds. The van der Waals surface area contributed by atoms with Crippen LogP contribution < -0.4 is 4.74 Å². The molecule has 0 radical (unpaired) electrons. The number of aryl methyl sites for hydroxylation is 1. The Hall–Kier alpha value is -2.76. The second-order valence-electron chi connectivity index (χ2n) is 4.52. The normalized spacial score (nSPS) is 10.8. The molecule has 0 fully saturated rings. The molecule has 4 nitrogen and oxygen atoms in total. The van der Waals surface area contributed by atoms with Crippen LogP contribution in [0, 0.1) is 11.6 Å². The minimum Gasteiger partial charge on any atom is -0.423 e. The van der Waals surface area contributed by atoms with Gasteiger partial charge in [0.1, 0.15) is 5.75 Å². The van der Waals surface area contributed by atoms with Gasteiger partial charge in [-0.15, -0.1) is 0 Å². The Bertz CT molecular complexity index is 843. The van der Waals surface area contributed by atoms with Gasteiger partial charge in [-0.1, -0.05) is 0 Å². The van der Waals surface area contributed by atoms with Crippen LogP contribution in [0.2, 0.25) is 0 Å². The standard InChI is InChI=1S/C15H10F2N2O2/c1-19-8-18-13-7-10(3-5-14(13)19)21-15(20)9-2-4-11(16)12(17)6-9/h2-8H,1H3. The minimum absolute atomic E-state index is 0.0602. The molecule has 0 atom stereocenters. The number of carbonyl (C=O) groups is 1. The lowest BCUT2D eigenvalue weighted by atomic mass is 10.2. The van der Waals surface area contributed by atoms with E-state index in [-0.39, 0.29) is 11.3 Å². The smallest absolute Gasteiger partial charge is 0.343 e. The third-order valence-electron chi connectivity index (χ3n) is 3.06. The molecule has 6 heteroatoms. The number of carbonyl (C=O) groups excluding carboxylic acids is 1. The lowest BCUT2D eigenvalue weighted by Crippen LogP contribution is -2.09. The molecule has 3 rings (SSSR count). The molecule has 21 heavy (non-hydrogen) atoms. The predicted molar refractivity (Wildman–Crippen MR) is 72.0 cm³/mol. The van der Waals surface area contributed by atoms with Gasteiger partial charge in [-0.2, -0.15) is 0 Å². The molecule has 1 aromatic heterocycles. The Labute approximate surface area is 118 Å². The van der Waals surface area contributed by atoms with E-state index in [9.17, 15) is 13.6 Å². The molecule has 0 saturated heterocycles. The van der Waals surface area contributed by atoms with Crippen molar-refractivity contribution >= 4 is 17.0 Å². The third kappa shape index (κ3) is 2.47. The summed E-state index contributed by atoms with van der Waals surface area (Å²) in [6, 6.07) is 7.83. The lowest BCUT2D eigenvalue weighted by Gasteiger charge is -2.05. The van der Waals surface area contributed by atoms with E-state index in [4.69, 9.17) is 4.74 Å². The highest BCUT2D eigenvalue weighted by atomic mass is 19.2. The Balaban J connectivity index is 1.86. The lowest BCUT2D eigenvalue weighted by molar-refractivity contribution is 0.0734. The molecule has 106 valence electrons. The first-order valence-electron chi connectivity index (χ1n) is 6.13. The molecule has 0 aliphatic heterocycles. The summed E-state index contributed by atoms with van der Waals surface area (Å²) < 4.78 is 32.9. The number of hydrogen-bond donors (Lipinski definition) is 0. The van der Waals surface area contributed by atoms with Crippen LogP contribution in [0.1, 0.15) is 10.4 Å². The predicted octanol–water partition coefficient (Wildman–Crippen LogP) is 3.07. The monoisotopic (exact) mass is 288 g/mol. The number of esters is 1. The van der Waals surface area contributed by atoms with Gasteiger partial charge in [-0.25, -0.2) is 18.6 Å². The highest BCUT2D eigenvalue weighted by Gasteiger charge is 2.12. The summed E-state index contributed by atoms with van der Waals surface area (Å²) in [5, 5.41) is 0. The van der Waals surface area contributed by atoms with Crippen LogP contribution in [0.4, 0.5) is 8.78 Å². The first kappa shape index (κ1) is 13.2. The fraction of sp³-hybridized carbons (Fsp3) is 0.0667. The van der Waals surface area contributed by atoms with Crippen molar-refractivity contribution in [3.05, 3.63) is 59.9 Å². The molecule has 0 N–H and O–H groups in total. The summed E-state index contributed by atoms with van der Waals surface area (Å²) in [5.74, 6) is -2.58. The van der Waals surface area contributed by atoms with Crippen molar-refractivity contribution in [1.29, 1.82) is 0 Å². The van der Waals surface area contributed by atoms with Crippen LogP contribution in [-0.4, -0.2) is 15.5 Å². The van der Waals surface area contributed by atoms with E-state index < -0.39 is 17.6 Å². The van der Waals surface area contributed by atoms with E-state index in [1.165, 1.54) is 6.07 Å². The van der Waals surface area contributed by atoms with E-state index >= 15 is 0 Å². The number of rotatable bonds is 2. The van der Waals surface area contributed by atoms with E-state index in [0.717, 1.165) is 17.6 Å². The van der Waals surface area contributed by atoms with Gasteiger partial charge in [-0.05, 0) is 30.3 Å². The molecule has 0 aliphatic carbocycles. The summed E-state index contributed by atoms with van der Waals surface area (Å²) in [5.41, 5.74) is 1.51. The average Bonchev–Trinajstić information content (AvgIpc) is 2.83. The Kier molecular flexibility index (Phi) is 3.13. The first-order chi connectivity index (χ1) is 10.0. The fourth-order valence-electron chi connectivity index (χ4n) is 1.97. The number of benzene rings is 2. The summed E-state index contributed by atoms with van der Waals surface area (Å²) in [6.07, 6.45) is 1.64. The Morgan fingerprint density at radius 2 is 1.95 bits per heavy atom. The van der Waals surface area contributed by atoms with Gasteiger partial charge in [0, 0.05) is 13.1 Å². The van der Waals surface area contributed by atoms with Crippen molar-refractivity contribution in [2.75, 3.05) is 0 Å². The van der Waals surface area contributed by atoms with Crippen molar-refractivity contribution in [2.45, 2.75) is 0 Å².